The van der Waals surface area contributed by atoms with Gasteiger partial charge >= 0.3 is 5.97 Å². The number of benzene rings is 2. The van der Waals surface area contributed by atoms with Crippen LogP contribution in [0.4, 0.5) is 0 Å². The van der Waals surface area contributed by atoms with Crippen molar-refractivity contribution in [2.24, 2.45) is 0 Å². The van der Waals surface area contributed by atoms with E-state index in [4.69, 9.17) is 9.26 Å². The van der Waals surface area contributed by atoms with Gasteiger partial charge in [0.25, 0.3) is 5.91 Å². The molecule has 148 valence electrons. The predicted octanol–water partition coefficient (Wildman–Crippen LogP) is 4.13. The van der Waals surface area contributed by atoms with Gasteiger partial charge in [-0.05, 0) is 56.7 Å². The van der Waals surface area contributed by atoms with Gasteiger partial charge in [0, 0.05) is 40.0 Å². The molecule has 0 aliphatic carbocycles. The topological polar surface area (TPSA) is 97.2 Å². The molecule has 0 bridgehead atoms. The molecule has 0 fully saturated rings. The molecule has 29 heavy (non-hydrogen) atoms. The predicted molar refractivity (Wildman–Crippen MR) is 110 cm³/mol. The van der Waals surface area contributed by atoms with Crippen LogP contribution in [0.3, 0.4) is 0 Å². The zero-order valence-corrected chi connectivity index (χ0v) is 16.7. The largest absolute Gasteiger partial charge is 0.462 e. The molecule has 2 aromatic carbocycles. The first-order chi connectivity index (χ1) is 13.9. The Balaban J connectivity index is 2.02. The van der Waals surface area contributed by atoms with Crippen LogP contribution in [0.5, 0.6) is 0 Å². The van der Waals surface area contributed by atoms with E-state index in [-0.39, 0.29) is 5.91 Å². The highest BCUT2D eigenvalue weighted by Gasteiger charge is 2.20. The van der Waals surface area contributed by atoms with Crippen molar-refractivity contribution in [3.05, 3.63) is 52.9 Å². The van der Waals surface area contributed by atoms with E-state index >= 15 is 0 Å². The van der Waals surface area contributed by atoms with Gasteiger partial charge in [-0.25, -0.2) is 4.79 Å². The van der Waals surface area contributed by atoms with Gasteiger partial charge in [-0.15, -0.1) is 0 Å². The number of H-pyrrole nitrogens is 1. The Hall–Kier alpha value is -3.61. The number of hydrogen-bond donors (Lipinski definition) is 2. The standard InChI is InChI=1S/C22H21N3O4/c1-5-28-22(27)13-6-7-17-15(8-13)20-16(21(26)23-4)9-14(10-18(20)24-17)19-11(2)25-29-12(19)3/h6-10,24H,5H2,1-4H3,(H,23,26). The molecule has 4 aromatic rings. The Bertz CT molecular complexity index is 1250. The lowest BCUT2D eigenvalue weighted by Gasteiger charge is -2.08. The number of carbonyl (C=O) groups excluding carboxylic acids is 2. The number of ether oxygens (including phenoxy) is 1. The molecule has 0 unspecified atom stereocenters. The quantitative estimate of drug-likeness (QED) is 0.510. The number of rotatable bonds is 4. The molecule has 0 saturated carbocycles. The maximum absolute atomic E-state index is 12.7. The van der Waals surface area contributed by atoms with Gasteiger partial charge in [0.15, 0.2) is 0 Å². The number of nitrogens with one attached hydrogen (secondary N) is 2. The average Bonchev–Trinajstić information content (AvgIpc) is 3.25. The second kappa shape index (κ2) is 7.09. The number of aromatic amines is 1. The van der Waals surface area contributed by atoms with Gasteiger partial charge in [0.1, 0.15) is 5.76 Å². The zero-order chi connectivity index (χ0) is 20.7. The number of esters is 1. The number of hydrogen-bond acceptors (Lipinski definition) is 5. The summed E-state index contributed by atoms with van der Waals surface area (Å²) in [6, 6.07) is 9.10. The van der Waals surface area contributed by atoms with E-state index in [1.165, 1.54) is 0 Å². The van der Waals surface area contributed by atoms with E-state index in [1.807, 2.05) is 32.0 Å². The highest BCUT2D eigenvalue weighted by Crippen LogP contribution is 2.35. The van der Waals surface area contributed by atoms with Gasteiger partial charge in [0.2, 0.25) is 0 Å². The smallest absolute Gasteiger partial charge is 0.338 e. The van der Waals surface area contributed by atoms with Crippen LogP contribution >= 0.6 is 0 Å². The first kappa shape index (κ1) is 18.7. The minimum Gasteiger partial charge on any atom is -0.462 e. The number of nitrogens with zero attached hydrogens (tertiary/aromatic N) is 1. The van der Waals surface area contributed by atoms with Crippen molar-refractivity contribution < 1.29 is 18.8 Å². The van der Waals surface area contributed by atoms with Crippen molar-refractivity contribution in [3.63, 3.8) is 0 Å². The Morgan fingerprint density at radius 2 is 1.97 bits per heavy atom. The molecule has 0 saturated heterocycles. The lowest BCUT2D eigenvalue weighted by atomic mass is 9.97. The summed E-state index contributed by atoms with van der Waals surface area (Å²) in [6.07, 6.45) is 0. The minimum absolute atomic E-state index is 0.217. The molecule has 0 spiro atoms. The third-order valence-electron chi connectivity index (χ3n) is 5.00. The first-order valence-corrected chi connectivity index (χ1v) is 9.36. The summed E-state index contributed by atoms with van der Waals surface area (Å²) in [6.45, 7) is 5.78. The van der Waals surface area contributed by atoms with Crippen LogP contribution in [0.1, 0.15) is 39.1 Å². The number of amides is 1. The van der Waals surface area contributed by atoms with Crippen LogP contribution in [0.2, 0.25) is 0 Å². The van der Waals surface area contributed by atoms with Gasteiger partial charge in [0.05, 0.1) is 17.9 Å². The molecular weight excluding hydrogens is 370 g/mol. The van der Waals surface area contributed by atoms with E-state index in [2.05, 4.69) is 15.5 Å². The SMILES string of the molecule is CCOC(=O)c1ccc2[nH]c3cc(-c4c(C)noc4C)cc(C(=O)NC)c3c2c1. The summed E-state index contributed by atoms with van der Waals surface area (Å²) in [5.74, 6) is 0.0778. The maximum Gasteiger partial charge on any atom is 0.338 e. The zero-order valence-electron chi connectivity index (χ0n) is 16.7. The molecule has 7 nitrogen and oxygen atoms in total. The van der Waals surface area contributed by atoms with Gasteiger partial charge < -0.3 is 19.6 Å². The first-order valence-electron chi connectivity index (χ1n) is 9.36. The van der Waals surface area contributed by atoms with Crippen LogP contribution < -0.4 is 5.32 Å². The van der Waals surface area contributed by atoms with Crippen molar-refractivity contribution in [2.45, 2.75) is 20.8 Å². The fraction of sp³-hybridized carbons (Fsp3) is 0.227. The molecule has 4 rings (SSSR count). The molecule has 1 amide bonds. The van der Waals surface area contributed by atoms with Crippen molar-refractivity contribution >= 4 is 33.7 Å². The summed E-state index contributed by atoms with van der Waals surface area (Å²) in [7, 11) is 1.59. The Kier molecular flexibility index (Phi) is 4.58. The number of carbonyl (C=O) groups is 2. The normalized spacial score (nSPS) is 11.2. The average molecular weight is 391 g/mol. The summed E-state index contributed by atoms with van der Waals surface area (Å²) in [5.41, 5.74) is 5.02. The molecule has 0 atom stereocenters. The van der Waals surface area contributed by atoms with E-state index < -0.39 is 5.97 Å². The second-order valence-corrected chi connectivity index (χ2v) is 6.83. The van der Waals surface area contributed by atoms with Gasteiger partial charge in [-0.3, -0.25) is 4.79 Å². The van der Waals surface area contributed by atoms with Gasteiger partial charge in [-0.2, -0.15) is 0 Å². The summed E-state index contributed by atoms with van der Waals surface area (Å²) in [5, 5.41) is 8.26. The molecular formula is C22H21N3O4. The van der Waals surface area contributed by atoms with Crippen LogP contribution in [0, 0.1) is 13.8 Å². The molecule has 0 aliphatic rings. The fourth-order valence-corrected chi connectivity index (χ4v) is 3.73. The second-order valence-electron chi connectivity index (χ2n) is 6.83. The van der Waals surface area contributed by atoms with Gasteiger partial charge in [-0.1, -0.05) is 5.16 Å². The van der Waals surface area contributed by atoms with Crippen molar-refractivity contribution in [1.29, 1.82) is 0 Å². The summed E-state index contributed by atoms with van der Waals surface area (Å²) < 4.78 is 10.4. The van der Waals surface area contributed by atoms with Crippen molar-refractivity contribution in [2.75, 3.05) is 13.7 Å². The number of aryl methyl sites for hydroxylation is 2. The van der Waals surface area contributed by atoms with Crippen LogP contribution in [-0.2, 0) is 4.74 Å². The molecule has 0 aliphatic heterocycles. The van der Waals surface area contributed by atoms with Crippen LogP contribution in [-0.4, -0.2) is 35.7 Å². The van der Waals surface area contributed by atoms with E-state index in [0.29, 0.717) is 23.5 Å². The maximum atomic E-state index is 12.7. The van der Waals surface area contributed by atoms with Crippen molar-refractivity contribution in [1.82, 2.24) is 15.5 Å². The minimum atomic E-state index is -0.391. The monoisotopic (exact) mass is 391 g/mol. The molecule has 0 radical (unpaired) electrons. The number of fused-ring (bicyclic) bond motifs is 3. The van der Waals surface area contributed by atoms with E-state index in [9.17, 15) is 9.59 Å². The third-order valence-corrected chi connectivity index (χ3v) is 5.00. The lowest BCUT2D eigenvalue weighted by Crippen LogP contribution is -2.18. The lowest BCUT2D eigenvalue weighted by molar-refractivity contribution is 0.0526. The Labute approximate surface area is 167 Å². The van der Waals surface area contributed by atoms with Crippen LogP contribution in [0.15, 0.2) is 34.9 Å². The van der Waals surface area contributed by atoms with Crippen molar-refractivity contribution in [3.8, 4) is 11.1 Å². The fourth-order valence-electron chi connectivity index (χ4n) is 3.73. The third kappa shape index (κ3) is 3.04. The highest BCUT2D eigenvalue weighted by atomic mass is 16.5. The molecule has 7 heteroatoms. The Morgan fingerprint density at radius 1 is 1.17 bits per heavy atom. The Morgan fingerprint density at radius 3 is 2.62 bits per heavy atom. The summed E-state index contributed by atoms with van der Waals surface area (Å²) >= 11 is 0. The number of aromatic nitrogens is 2. The molecule has 2 aromatic heterocycles. The molecule has 2 heterocycles. The van der Waals surface area contributed by atoms with E-state index in [1.54, 1.807) is 26.1 Å². The highest BCUT2D eigenvalue weighted by molar-refractivity contribution is 6.19. The molecule has 2 N–H and O–H groups in total. The van der Waals surface area contributed by atoms with E-state index in [0.717, 1.165) is 38.6 Å². The van der Waals surface area contributed by atoms with Crippen LogP contribution in [0.25, 0.3) is 32.9 Å². The summed E-state index contributed by atoms with van der Waals surface area (Å²) in [4.78, 5) is 28.3.